The minimum Gasteiger partial charge on any atom is -0.507 e. The number of aromatic hydroxyl groups is 1. The number of benzene rings is 1. The van der Waals surface area contributed by atoms with Crippen molar-refractivity contribution in [1.82, 2.24) is 0 Å². The summed E-state index contributed by atoms with van der Waals surface area (Å²) in [7, 11) is 0. The number of hydrogen-bond acceptors (Lipinski definition) is 4. The largest absolute Gasteiger partial charge is 0.507 e. The average Bonchev–Trinajstić information content (AvgIpc) is 3.08. The van der Waals surface area contributed by atoms with E-state index < -0.39 is 23.2 Å². The summed E-state index contributed by atoms with van der Waals surface area (Å²) in [6.45, 7) is 0.560. The molecule has 0 bridgehead atoms. The topological polar surface area (TPSA) is 68.5 Å². The number of nitrogens with zero attached hydrogens (tertiary/aromatic N) is 1. The van der Waals surface area contributed by atoms with E-state index in [2.05, 4.69) is 10.4 Å². The van der Waals surface area contributed by atoms with Crippen LogP contribution in [0.15, 0.2) is 17.2 Å². The normalized spacial score (nSPS) is 15.5. The summed E-state index contributed by atoms with van der Waals surface area (Å²) in [6.07, 6.45) is -2.61. The fourth-order valence-electron chi connectivity index (χ4n) is 1.70. The molecular weight excluding hydrogens is 247 g/mol. The van der Waals surface area contributed by atoms with Gasteiger partial charge in [-0.25, -0.2) is 5.53 Å². The van der Waals surface area contributed by atoms with Crippen LogP contribution in [-0.4, -0.2) is 11.7 Å². The first-order valence-corrected chi connectivity index (χ1v) is 5.48. The molecule has 18 heavy (non-hydrogen) atoms. The van der Waals surface area contributed by atoms with E-state index in [4.69, 9.17) is 5.53 Å². The molecule has 1 aromatic rings. The molecule has 0 atom stereocenters. The lowest BCUT2D eigenvalue weighted by Gasteiger charge is -2.15. The lowest BCUT2D eigenvalue weighted by molar-refractivity contribution is -0.138. The highest BCUT2D eigenvalue weighted by Gasteiger charge is 2.38. The standard InChI is InChI=1S/C11H12F3N3O/c12-11(13,14)9-8(18)4-3-7(10(9)17-15)16-5-6-1-2-6/h3-4,6,15-16,18H,1-2,5H2. The number of rotatable bonds is 4. The third-order valence-electron chi connectivity index (χ3n) is 2.83. The Morgan fingerprint density at radius 3 is 2.56 bits per heavy atom. The molecule has 1 aliphatic rings. The zero-order chi connectivity index (χ0) is 13.3. The number of hydrogen-bond donors (Lipinski definition) is 3. The Balaban J connectivity index is 2.37. The number of anilines is 1. The molecule has 4 nitrogen and oxygen atoms in total. The summed E-state index contributed by atoms with van der Waals surface area (Å²) >= 11 is 0. The van der Waals surface area contributed by atoms with Crippen LogP contribution in [0.25, 0.3) is 0 Å². The molecule has 1 aromatic carbocycles. The van der Waals surface area contributed by atoms with E-state index in [9.17, 15) is 18.3 Å². The predicted octanol–water partition coefficient (Wildman–Crippen LogP) is 3.90. The van der Waals surface area contributed by atoms with Crippen molar-refractivity contribution in [2.75, 3.05) is 11.9 Å². The Morgan fingerprint density at radius 1 is 1.39 bits per heavy atom. The van der Waals surface area contributed by atoms with Crippen molar-refractivity contribution in [3.63, 3.8) is 0 Å². The van der Waals surface area contributed by atoms with Gasteiger partial charge in [0, 0.05) is 6.54 Å². The maximum atomic E-state index is 12.8. The van der Waals surface area contributed by atoms with Crippen molar-refractivity contribution in [2.24, 2.45) is 11.0 Å². The number of phenols is 1. The minimum absolute atomic E-state index is 0.127. The molecule has 0 heterocycles. The molecule has 0 unspecified atom stereocenters. The molecule has 98 valence electrons. The van der Waals surface area contributed by atoms with Gasteiger partial charge in [-0.3, -0.25) is 0 Å². The molecular formula is C11H12F3N3O. The second-order valence-electron chi connectivity index (χ2n) is 4.29. The Labute approximate surface area is 101 Å². The summed E-state index contributed by atoms with van der Waals surface area (Å²) in [4.78, 5) is 0. The molecule has 1 saturated carbocycles. The highest BCUT2D eigenvalue weighted by atomic mass is 19.4. The van der Waals surface area contributed by atoms with Gasteiger partial charge < -0.3 is 10.4 Å². The molecule has 0 saturated heterocycles. The van der Waals surface area contributed by atoms with Gasteiger partial charge in [-0.05, 0) is 30.9 Å². The Morgan fingerprint density at radius 2 is 2.06 bits per heavy atom. The van der Waals surface area contributed by atoms with Crippen molar-refractivity contribution < 1.29 is 18.3 Å². The molecule has 2 rings (SSSR count). The van der Waals surface area contributed by atoms with Crippen molar-refractivity contribution >= 4 is 11.4 Å². The molecule has 3 N–H and O–H groups in total. The fraction of sp³-hybridized carbons (Fsp3) is 0.455. The van der Waals surface area contributed by atoms with E-state index in [1.807, 2.05) is 0 Å². The van der Waals surface area contributed by atoms with Gasteiger partial charge in [0.05, 0.1) is 5.69 Å². The lowest BCUT2D eigenvalue weighted by atomic mass is 10.1. The summed E-state index contributed by atoms with van der Waals surface area (Å²) in [6, 6.07) is 2.27. The SMILES string of the molecule is N=Nc1c(NCC2CC2)ccc(O)c1C(F)(F)F. The van der Waals surface area contributed by atoms with Crippen LogP contribution >= 0.6 is 0 Å². The van der Waals surface area contributed by atoms with Crippen LogP contribution in [-0.2, 0) is 6.18 Å². The van der Waals surface area contributed by atoms with Gasteiger partial charge in [0.25, 0.3) is 0 Å². The van der Waals surface area contributed by atoms with Gasteiger partial charge in [-0.2, -0.15) is 18.3 Å². The Hall–Kier alpha value is -1.79. The highest BCUT2D eigenvalue weighted by molar-refractivity contribution is 5.72. The number of nitrogens with one attached hydrogen (secondary N) is 2. The van der Waals surface area contributed by atoms with Crippen LogP contribution in [0, 0.1) is 11.4 Å². The monoisotopic (exact) mass is 259 g/mol. The average molecular weight is 259 g/mol. The summed E-state index contributed by atoms with van der Waals surface area (Å²) in [5.41, 5.74) is 5.17. The summed E-state index contributed by atoms with van der Waals surface area (Å²) in [5.74, 6) is -0.433. The first kappa shape index (κ1) is 12.7. The minimum atomic E-state index is -4.73. The van der Waals surface area contributed by atoms with Gasteiger partial charge in [-0.15, -0.1) is 0 Å². The third kappa shape index (κ3) is 2.55. The van der Waals surface area contributed by atoms with E-state index in [1.54, 1.807) is 0 Å². The molecule has 0 radical (unpaired) electrons. The van der Waals surface area contributed by atoms with Crippen LogP contribution in [0.4, 0.5) is 24.5 Å². The van der Waals surface area contributed by atoms with Crippen molar-refractivity contribution in [3.8, 4) is 5.75 Å². The van der Waals surface area contributed by atoms with E-state index >= 15 is 0 Å². The highest BCUT2D eigenvalue weighted by Crippen LogP contribution is 2.46. The van der Waals surface area contributed by atoms with Crippen LogP contribution in [0.3, 0.4) is 0 Å². The molecule has 7 heteroatoms. The van der Waals surface area contributed by atoms with Crippen molar-refractivity contribution in [1.29, 1.82) is 5.53 Å². The van der Waals surface area contributed by atoms with Crippen LogP contribution in [0.1, 0.15) is 18.4 Å². The van der Waals surface area contributed by atoms with Gasteiger partial charge in [-0.1, -0.05) is 0 Å². The molecule has 0 amide bonds. The van der Waals surface area contributed by atoms with Crippen LogP contribution < -0.4 is 5.32 Å². The predicted molar refractivity (Wildman–Crippen MR) is 59.1 cm³/mol. The summed E-state index contributed by atoms with van der Waals surface area (Å²) < 4.78 is 38.3. The van der Waals surface area contributed by atoms with Crippen molar-refractivity contribution in [2.45, 2.75) is 19.0 Å². The molecule has 1 aliphatic carbocycles. The molecule has 0 spiro atoms. The Bertz CT molecular complexity index is 469. The zero-order valence-electron chi connectivity index (χ0n) is 9.38. The van der Waals surface area contributed by atoms with Gasteiger partial charge in [0.15, 0.2) is 0 Å². The van der Waals surface area contributed by atoms with Crippen LogP contribution in [0.5, 0.6) is 5.75 Å². The number of halogens is 3. The lowest BCUT2D eigenvalue weighted by Crippen LogP contribution is -2.09. The summed E-state index contributed by atoms with van der Waals surface area (Å²) in [5, 5.41) is 15.0. The van der Waals surface area contributed by atoms with Crippen molar-refractivity contribution in [3.05, 3.63) is 17.7 Å². The molecule has 1 fully saturated rings. The second-order valence-corrected chi connectivity index (χ2v) is 4.29. The van der Waals surface area contributed by atoms with Gasteiger partial charge >= 0.3 is 6.18 Å². The van der Waals surface area contributed by atoms with E-state index in [-0.39, 0.29) is 5.69 Å². The Kier molecular flexibility index (Phi) is 3.14. The molecule has 0 aliphatic heterocycles. The van der Waals surface area contributed by atoms with Gasteiger partial charge in [0.1, 0.15) is 17.0 Å². The molecule has 0 aromatic heterocycles. The maximum absolute atomic E-state index is 12.8. The van der Waals surface area contributed by atoms with E-state index in [1.165, 1.54) is 6.07 Å². The van der Waals surface area contributed by atoms with Crippen LogP contribution in [0.2, 0.25) is 0 Å². The third-order valence-corrected chi connectivity index (χ3v) is 2.83. The number of phenolic OH excluding ortho intramolecular Hbond substituents is 1. The second kappa shape index (κ2) is 4.47. The maximum Gasteiger partial charge on any atom is 0.422 e. The van der Waals surface area contributed by atoms with E-state index in [0.29, 0.717) is 12.5 Å². The first-order chi connectivity index (χ1) is 8.43. The fourth-order valence-corrected chi connectivity index (χ4v) is 1.70. The number of alkyl halides is 3. The quantitative estimate of drug-likeness (QED) is 0.567. The first-order valence-electron chi connectivity index (χ1n) is 5.48. The zero-order valence-corrected chi connectivity index (χ0v) is 9.38. The smallest absolute Gasteiger partial charge is 0.422 e. The van der Waals surface area contributed by atoms with E-state index in [0.717, 1.165) is 18.9 Å². The van der Waals surface area contributed by atoms with Gasteiger partial charge in [0.2, 0.25) is 0 Å².